The lowest BCUT2D eigenvalue weighted by Gasteiger charge is -2.16. The summed E-state index contributed by atoms with van der Waals surface area (Å²) in [7, 11) is 1.70. The molecule has 2 nitrogen and oxygen atoms in total. The summed E-state index contributed by atoms with van der Waals surface area (Å²) in [5.41, 5.74) is 2.65. The summed E-state index contributed by atoms with van der Waals surface area (Å²) in [5, 5.41) is 3.59. The zero-order valence-corrected chi connectivity index (χ0v) is 14.8. The number of nitrogens with one attached hydrogen (secondary N) is 1. The van der Waals surface area contributed by atoms with Crippen LogP contribution in [0.2, 0.25) is 0 Å². The van der Waals surface area contributed by atoms with Crippen molar-refractivity contribution in [3.63, 3.8) is 0 Å². The van der Waals surface area contributed by atoms with E-state index in [1.807, 2.05) is 29.5 Å². The van der Waals surface area contributed by atoms with Crippen LogP contribution in [0.15, 0.2) is 28.7 Å². The van der Waals surface area contributed by atoms with Crippen LogP contribution in [0.25, 0.3) is 0 Å². The van der Waals surface area contributed by atoms with Crippen LogP contribution in [-0.2, 0) is 12.8 Å². The molecule has 21 heavy (non-hydrogen) atoms. The number of halogens is 1. The Kier molecular flexibility index (Phi) is 4.55. The Morgan fingerprint density at radius 2 is 2.05 bits per heavy atom. The summed E-state index contributed by atoms with van der Waals surface area (Å²) in [6.45, 7) is 2.23. The standard InChI is InChI=1S/C17H20BrNOS/c1-11(17-9-12-5-3-4-6-16(12)21-17)19-15-10-13(20-2)7-8-14(15)18/h7-11,19H,3-6H2,1-2H3. The van der Waals surface area contributed by atoms with Gasteiger partial charge in [0.1, 0.15) is 5.75 Å². The summed E-state index contributed by atoms with van der Waals surface area (Å²) in [6, 6.07) is 8.72. The zero-order chi connectivity index (χ0) is 14.8. The Hall–Kier alpha value is -1.00. The van der Waals surface area contributed by atoms with Crippen molar-refractivity contribution in [3.8, 4) is 5.75 Å². The molecule has 0 radical (unpaired) electrons. The molecule has 0 amide bonds. The van der Waals surface area contributed by atoms with Gasteiger partial charge in [-0.15, -0.1) is 11.3 Å². The van der Waals surface area contributed by atoms with Crippen LogP contribution in [0, 0.1) is 0 Å². The first-order valence-electron chi connectivity index (χ1n) is 7.39. The number of hydrogen-bond donors (Lipinski definition) is 1. The van der Waals surface area contributed by atoms with Crippen LogP contribution >= 0.6 is 27.3 Å². The van der Waals surface area contributed by atoms with Crippen LogP contribution in [0.5, 0.6) is 5.75 Å². The van der Waals surface area contributed by atoms with Gasteiger partial charge in [-0.2, -0.15) is 0 Å². The SMILES string of the molecule is COc1ccc(Br)c(NC(C)c2cc3c(s2)CCCC3)c1. The number of aryl methyl sites for hydroxylation is 2. The molecular formula is C17H20BrNOS. The maximum Gasteiger partial charge on any atom is 0.121 e. The molecule has 1 aliphatic rings. The van der Waals surface area contributed by atoms with E-state index in [4.69, 9.17) is 4.74 Å². The van der Waals surface area contributed by atoms with E-state index in [2.05, 4.69) is 34.2 Å². The molecule has 0 saturated carbocycles. The maximum atomic E-state index is 5.31. The predicted molar refractivity (Wildman–Crippen MR) is 93.7 cm³/mol. The van der Waals surface area contributed by atoms with E-state index >= 15 is 0 Å². The third kappa shape index (κ3) is 3.27. The highest BCUT2D eigenvalue weighted by molar-refractivity contribution is 9.10. The average molecular weight is 366 g/mol. The van der Waals surface area contributed by atoms with Crippen LogP contribution < -0.4 is 10.1 Å². The molecule has 0 bridgehead atoms. The fraction of sp³-hybridized carbons (Fsp3) is 0.412. The lowest BCUT2D eigenvalue weighted by atomic mass is 9.99. The van der Waals surface area contributed by atoms with E-state index in [9.17, 15) is 0 Å². The van der Waals surface area contributed by atoms with Crippen LogP contribution in [-0.4, -0.2) is 7.11 Å². The minimum Gasteiger partial charge on any atom is -0.497 e. The quantitative estimate of drug-likeness (QED) is 0.764. The van der Waals surface area contributed by atoms with Gasteiger partial charge in [0.2, 0.25) is 0 Å². The highest BCUT2D eigenvalue weighted by Crippen LogP contribution is 2.36. The molecule has 2 aromatic rings. The van der Waals surface area contributed by atoms with E-state index in [0.29, 0.717) is 6.04 Å². The van der Waals surface area contributed by atoms with Crippen molar-refractivity contribution < 1.29 is 4.74 Å². The lowest BCUT2D eigenvalue weighted by Crippen LogP contribution is -2.05. The normalized spacial score (nSPS) is 15.4. The lowest BCUT2D eigenvalue weighted by molar-refractivity contribution is 0.415. The van der Waals surface area contributed by atoms with Crippen LogP contribution in [0.3, 0.4) is 0 Å². The average Bonchev–Trinajstić information content (AvgIpc) is 2.93. The van der Waals surface area contributed by atoms with E-state index in [-0.39, 0.29) is 0 Å². The monoisotopic (exact) mass is 365 g/mol. The molecule has 0 fully saturated rings. The first-order valence-corrected chi connectivity index (χ1v) is 9.00. The molecule has 0 spiro atoms. The smallest absolute Gasteiger partial charge is 0.121 e. The van der Waals surface area contributed by atoms with E-state index in [1.165, 1.54) is 30.6 Å². The van der Waals surface area contributed by atoms with Gasteiger partial charge in [0.05, 0.1) is 18.8 Å². The summed E-state index contributed by atoms with van der Waals surface area (Å²) in [6.07, 6.45) is 5.19. The van der Waals surface area contributed by atoms with Crippen molar-refractivity contribution in [1.82, 2.24) is 0 Å². The molecule has 1 unspecified atom stereocenters. The molecular weight excluding hydrogens is 346 g/mol. The molecule has 1 aromatic heterocycles. The second kappa shape index (κ2) is 6.41. The molecule has 1 aromatic carbocycles. The highest BCUT2D eigenvalue weighted by Gasteiger charge is 2.17. The number of thiophene rings is 1. The van der Waals surface area contributed by atoms with Crippen molar-refractivity contribution in [2.75, 3.05) is 12.4 Å². The van der Waals surface area contributed by atoms with Crippen molar-refractivity contribution in [3.05, 3.63) is 44.1 Å². The van der Waals surface area contributed by atoms with E-state index < -0.39 is 0 Å². The second-order valence-corrected chi connectivity index (χ2v) is 7.54. The summed E-state index contributed by atoms with van der Waals surface area (Å²) in [5.74, 6) is 0.873. The Morgan fingerprint density at radius 1 is 1.24 bits per heavy atom. The third-order valence-corrected chi connectivity index (χ3v) is 6.10. The molecule has 1 aliphatic carbocycles. The molecule has 1 heterocycles. The molecule has 4 heteroatoms. The van der Waals surface area contributed by atoms with Crippen molar-refractivity contribution in [1.29, 1.82) is 0 Å². The Balaban J connectivity index is 1.79. The first-order chi connectivity index (χ1) is 10.2. The van der Waals surface area contributed by atoms with E-state index in [1.54, 1.807) is 17.6 Å². The van der Waals surface area contributed by atoms with Crippen molar-refractivity contribution in [2.24, 2.45) is 0 Å². The number of anilines is 1. The van der Waals surface area contributed by atoms with Gasteiger partial charge in [-0.1, -0.05) is 0 Å². The van der Waals surface area contributed by atoms with Gasteiger partial charge in [0.25, 0.3) is 0 Å². The van der Waals surface area contributed by atoms with Crippen molar-refractivity contribution >= 4 is 33.0 Å². The molecule has 1 N–H and O–H groups in total. The van der Waals surface area contributed by atoms with Gasteiger partial charge >= 0.3 is 0 Å². The third-order valence-electron chi connectivity index (χ3n) is 3.99. The van der Waals surface area contributed by atoms with Crippen LogP contribution in [0.1, 0.15) is 41.1 Å². The van der Waals surface area contributed by atoms with Gasteiger partial charge < -0.3 is 10.1 Å². The largest absolute Gasteiger partial charge is 0.497 e. The molecule has 0 saturated heterocycles. The fourth-order valence-electron chi connectivity index (χ4n) is 2.77. The Morgan fingerprint density at radius 3 is 2.81 bits per heavy atom. The Labute approximate surface area is 138 Å². The van der Waals surface area contributed by atoms with Gasteiger partial charge in [-0.25, -0.2) is 0 Å². The minimum atomic E-state index is 0.309. The second-order valence-electron chi connectivity index (χ2n) is 5.52. The number of fused-ring (bicyclic) bond motifs is 1. The van der Waals surface area contributed by atoms with Gasteiger partial charge in [-0.3, -0.25) is 0 Å². The summed E-state index contributed by atoms with van der Waals surface area (Å²) >= 11 is 5.57. The van der Waals surface area contributed by atoms with Crippen molar-refractivity contribution in [2.45, 2.75) is 38.6 Å². The molecule has 3 rings (SSSR count). The summed E-state index contributed by atoms with van der Waals surface area (Å²) < 4.78 is 6.37. The highest BCUT2D eigenvalue weighted by atomic mass is 79.9. The van der Waals surface area contributed by atoms with Gasteiger partial charge in [0.15, 0.2) is 0 Å². The topological polar surface area (TPSA) is 21.3 Å². The van der Waals surface area contributed by atoms with Gasteiger partial charge in [-0.05, 0) is 72.3 Å². The number of methoxy groups -OCH3 is 1. The number of hydrogen-bond acceptors (Lipinski definition) is 3. The summed E-state index contributed by atoms with van der Waals surface area (Å²) in [4.78, 5) is 3.02. The Bertz CT molecular complexity index is 614. The molecule has 112 valence electrons. The predicted octanol–water partition coefficient (Wildman–Crippen LogP) is 5.57. The van der Waals surface area contributed by atoms with E-state index in [0.717, 1.165) is 15.9 Å². The van der Waals surface area contributed by atoms with Gasteiger partial charge in [0, 0.05) is 20.3 Å². The molecule has 1 atom stereocenters. The maximum absolute atomic E-state index is 5.31. The molecule has 0 aliphatic heterocycles. The zero-order valence-electron chi connectivity index (χ0n) is 12.4. The minimum absolute atomic E-state index is 0.309. The van der Waals surface area contributed by atoms with Crippen LogP contribution in [0.4, 0.5) is 5.69 Å². The fourth-order valence-corrected chi connectivity index (χ4v) is 4.39. The number of benzene rings is 1. The number of rotatable bonds is 4. The number of ether oxygens (including phenoxy) is 1. The first kappa shape index (κ1) is 14.9.